The first kappa shape index (κ1) is 13.4. The topological polar surface area (TPSA) is 44.5 Å². The summed E-state index contributed by atoms with van der Waals surface area (Å²) < 4.78 is 10.8. The van der Waals surface area contributed by atoms with E-state index in [4.69, 9.17) is 14.6 Å². The van der Waals surface area contributed by atoms with E-state index >= 15 is 0 Å². The Morgan fingerprint density at radius 2 is 1.88 bits per heavy atom. The van der Waals surface area contributed by atoms with Gasteiger partial charge in [-0.25, -0.2) is 0 Å². The third kappa shape index (κ3) is 3.42. The van der Waals surface area contributed by atoms with Gasteiger partial charge >= 0.3 is 9.28 Å². The van der Waals surface area contributed by atoms with Crippen molar-refractivity contribution in [3.63, 3.8) is 0 Å². The summed E-state index contributed by atoms with van der Waals surface area (Å²) in [7, 11) is 1.70. The van der Waals surface area contributed by atoms with Gasteiger partial charge in [0.15, 0.2) is 0 Å². The second kappa shape index (κ2) is 6.80. The van der Waals surface area contributed by atoms with Crippen molar-refractivity contribution >= 4 is 14.5 Å². The molecule has 1 aromatic carbocycles. The fourth-order valence-electron chi connectivity index (χ4n) is 1.73. The van der Waals surface area contributed by atoms with Gasteiger partial charge in [0.25, 0.3) is 0 Å². The van der Waals surface area contributed by atoms with Crippen molar-refractivity contribution in [2.75, 3.05) is 14.2 Å². The van der Waals surface area contributed by atoms with E-state index in [1.807, 2.05) is 12.1 Å². The number of benzene rings is 1. The van der Waals surface area contributed by atoms with Gasteiger partial charge in [-0.05, 0) is 23.6 Å². The van der Waals surface area contributed by atoms with E-state index in [-0.39, 0.29) is 6.04 Å². The summed E-state index contributed by atoms with van der Waals surface area (Å²) in [6, 6.07) is 8.47. The van der Waals surface area contributed by atoms with Gasteiger partial charge in [-0.2, -0.15) is 0 Å². The fraction of sp³-hybridized carbons (Fsp3) is 0.500. The first-order valence-corrected chi connectivity index (χ1v) is 7.13. The molecule has 0 saturated carbocycles. The van der Waals surface area contributed by atoms with E-state index in [0.717, 1.165) is 12.8 Å². The van der Waals surface area contributed by atoms with E-state index < -0.39 is 9.28 Å². The van der Waals surface area contributed by atoms with Crippen LogP contribution < -0.4 is 10.9 Å². The van der Waals surface area contributed by atoms with Crippen LogP contribution in [-0.2, 0) is 15.3 Å². The Balaban J connectivity index is 2.90. The third-order valence-electron chi connectivity index (χ3n) is 2.74. The molecular formula is C12H21NO2Si. The monoisotopic (exact) mass is 239 g/mol. The molecule has 90 valence electrons. The SMILES string of the molecule is CCC(N)Cc1ccccc1[SiH](OC)OC. The lowest BCUT2D eigenvalue weighted by molar-refractivity contribution is 0.291. The average Bonchev–Trinajstić information content (AvgIpc) is 2.32. The number of hydrogen-bond acceptors (Lipinski definition) is 3. The fourth-order valence-corrected chi connectivity index (χ4v) is 3.21. The molecule has 0 heterocycles. The molecule has 0 aliphatic heterocycles. The lowest BCUT2D eigenvalue weighted by Crippen LogP contribution is -2.38. The largest absolute Gasteiger partial charge is 0.397 e. The summed E-state index contributed by atoms with van der Waals surface area (Å²) in [5, 5.41) is 1.21. The van der Waals surface area contributed by atoms with Crippen molar-refractivity contribution in [1.29, 1.82) is 0 Å². The zero-order valence-corrected chi connectivity index (χ0v) is 11.4. The van der Waals surface area contributed by atoms with Crippen LogP contribution in [0, 0.1) is 0 Å². The van der Waals surface area contributed by atoms with E-state index in [0.29, 0.717) is 0 Å². The van der Waals surface area contributed by atoms with Crippen molar-refractivity contribution in [3.8, 4) is 0 Å². The van der Waals surface area contributed by atoms with Gasteiger partial charge in [-0.3, -0.25) is 0 Å². The smallest absolute Gasteiger partial charge is 0.355 e. The van der Waals surface area contributed by atoms with Crippen molar-refractivity contribution in [2.45, 2.75) is 25.8 Å². The molecule has 16 heavy (non-hydrogen) atoms. The van der Waals surface area contributed by atoms with Gasteiger partial charge in [0.1, 0.15) is 0 Å². The molecular weight excluding hydrogens is 218 g/mol. The molecule has 1 aromatic rings. The molecule has 0 aliphatic rings. The Morgan fingerprint density at radius 3 is 2.44 bits per heavy atom. The Labute approximate surface area is 99.4 Å². The molecule has 4 heteroatoms. The number of hydrogen-bond donors (Lipinski definition) is 1. The highest BCUT2D eigenvalue weighted by Crippen LogP contribution is 2.04. The summed E-state index contributed by atoms with van der Waals surface area (Å²) in [5.74, 6) is 0. The quantitative estimate of drug-likeness (QED) is 0.743. The van der Waals surface area contributed by atoms with Crippen molar-refractivity contribution in [2.24, 2.45) is 5.73 Å². The summed E-state index contributed by atoms with van der Waals surface area (Å²) >= 11 is 0. The maximum atomic E-state index is 5.99. The summed E-state index contributed by atoms with van der Waals surface area (Å²) in [5.41, 5.74) is 7.25. The van der Waals surface area contributed by atoms with Gasteiger partial charge in [-0.15, -0.1) is 0 Å². The van der Waals surface area contributed by atoms with E-state index in [1.165, 1.54) is 10.8 Å². The maximum Gasteiger partial charge on any atom is 0.355 e. The molecule has 0 bridgehead atoms. The Hall–Kier alpha value is -0.683. The van der Waals surface area contributed by atoms with Crippen LogP contribution in [0.3, 0.4) is 0 Å². The van der Waals surface area contributed by atoms with Gasteiger partial charge < -0.3 is 14.6 Å². The second-order valence-corrected chi connectivity index (χ2v) is 6.10. The summed E-state index contributed by atoms with van der Waals surface area (Å²) in [6.07, 6.45) is 1.88. The molecule has 1 atom stereocenters. The molecule has 0 aromatic heterocycles. The zero-order valence-electron chi connectivity index (χ0n) is 10.3. The van der Waals surface area contributed by atoms with Crippen LogP contribution in [0.2, 0.25) is 0 Å². The van der Waals surface area contributed by atoms with E-state index in [1.54, 1.807) is 14.2 Å². The van der Waals surface area contributed by atoms with Gasteiger partial charge in [-0.1, -0.05) is 31.2 Å². The minimum absolute atomic E-state index is 0.213. The molecule has 1 unspecified atom stereocenters. The third-order valence-corrected chi connectivity index (χ3v) is 4.67. The van der Waals surface area contributed by atoms with Crippen molar-refractivity contribution < 1.29 is 8.85 Å². The van der Waals surface area contributed by atoms with Crippen molar-refractivity contribution in [3.05, 3.63) is 29.8 Å². The van der Waals surface area contributed by atoms with Crippen LogP contribution in [0.4, 0.5) is 0 Å². The molecule has 0 amide bonds. The Morgan fingerprint density at radius 1 is 1.25 bits per heavy atom. The van der Waals surface area contributed by atoms with Gasteiger partial charge in [0.2, 0.25) is 0 Å². The number of nitrogens with two attached hydrogens (primary N) is 1. The van der Waals surface area contributed by atoms with E-state index in [2.05, 4.69) is 19.1 Å². The first-order valence-electron chi connectivity index (χ1n) is 5.61. The Bertz CT molecular complexity index is 316. The molecule has 3 nitrogen and oxygen atoms in total. The second-order valence-electron chi connectivity index (χ2n) is 3.87. The van der Waals surface area contributed by atoms with Crippen LogP contribution >= 0.6 is 0 Å². The van der Waals surface area contributed by atoms with Crippen LogP contribution in [0.1, 0.15) is 18.9 Å². The minimum atomic E-state index is -1.72. The molecule has 2 N–H and O–H groups in total. The highest BCUT2D eigenvalue weighted by Gasteiger charge is 2.17. The van der Waals surface area contributed by atoms with Crippen LogP contribution in [0.15, 0.2) is 24.3 Å². The minimum Gasteiger partial charge on any atom is -0.397 e. The predicted molar refractivity (Wildman–Crippen MR) is 69.2 cm³/mol. The van der Waals surface area contributed by atoms with Gasteiger partial charge in [0.05, 0.1) is 0 Å². The van der Waals surface area contributed by atoms with Crippen LogP contribution in [0.25, 0.3) is 0 Å². The molecule has 1 rings (SSSR count). The average molecular weight is 239 g/mol. The molecule has 0 spiro atoms. The summed E-state index contributed by atoms with van der Waals surface area (Å²) in [4.78, 5) is 0. The molecule has 0 aliphatic carbocycles. The van der Waals surface area contributed by atoms with Crippen LogP contribution in [0.5, 0.6) is 0 Å². The summed E-state index contributed by atoms with van der Waals surface area (Å²) in [6.45, 7) is 2.11. The molecule has 0 radical (unpaired) electrons. The lowest BCUT2D eigenvalue weighted by Gasteiger charge is -2.17. The van der Waals surface area contributed by atoms with Crippen LogP contribution in [-0.4, -0.2) is 29.5 Å². The van der Waals surface area contributed by atoms with E-state index in [9.17, 15) is 0 Å². The first-order chi connectivity index (χ1) is 7.72. The standard InChI is InChI=1S/C12H21NO2Si/c1-4-11(13)9-10-7-5-6-8-12(10)16(14-2)15-3/h5-8,11,16H,4,9,13H2,1-3H3. The predicted octanol–water partition coefficient (Wildman–Crippen LogP) is 0.687. The van der Waals surface area contributed by atoms with Crippen molar-refractivity contribution in [1.82, 2.24) is 0 Å². The normalized spacial score (nSPS) is 13.1. The lowest BCUT2D eigenvalue weighted by atomic mass is 10.1. The van der Waals surface area contributed by atoms with Gasteiger partial charge in [0, 0.05) is 20.3 Å². The zero-order chi connectivity index (χ0) is 12.0. The Kier molecular flexibility index (Phi) is 5.69. The molecule has 0 fully saturated rings. The highest BCUT2D eigenvalue weighted by atomic mass is 28.3. The molecule has 0 saturated heterocycles. The highest BCUT2D eigenvalue weighted by molar-refractivity contribution is 6.61. The maximum absolute atomic E-state index is 5.99. The number of rotatable bonds is 6.